The van der Waals surface area contributed by atoms with Gasteiger partial charge in [0, 0.05) is 19.3 Å². The minimum atomic E-state index is -1.12. The Morgan fingerprint density at radius 2 is 0.863 bits per heavy atom. The molecule has 0 aliphatic rings. The third kappa shape index (κ3) is 33.9. The van der Waals surface area contributed by atoms with Gasteiger partial charge in [-0.15, -0.1) is 0 Å². The van der Waals surface area contributed by atoms with E-state index in [1.54, 1.807) is 21.1 Å². The molecule has 2 unspecified atom stereocenters. The van der Waals surface area contributed by atoms with Crippen LogP contribution in [0.1, 0.15) is 206 Å². The van der Waals surface area contributed by atoms with Crippen LogP contribution in [0.15, 0.2) is 0 Å². The number of hydrogen-bond donors (Lipinski definition) is 0. The number of rotatable bonds is 39. The number of unbranched alkanes of at least 4 members (excludes halogenated alkanes) is 25. The van der Waals surface area contributed by atoms with Gasteiger partial charge in [-0.2, -0.15) is 0 Å². The van der Waals surface area contributed by atoms with E-state index < -0.39 is 18.1 Å². The van der Waals surface area contributed by atoms with Crippen LogP contribution in [0.25, 0.3) is 0 Å². The van der Waals surface area contributed by atoms with Crippen molar-refractivity contribution >= 4 is 17.9 Å². The summed E-state index contributed by atoms with van der Waals surface area (Å²) in [6, 6.07) is -0.717. The maximum atomic E-state index is 12.6. The first-order valence-corrected chi connectivity index (χ1v) is 21.6. The Morgan fingerprint density at radius 3 is 1.22 bits per heavy atom. The number of carboxylic acid groups (broad SMARTS) is 1. The molecule has 0 saturated heterocycles. The molecule has 8 nitrogen and oxygen atoms in total. The molecule has 0 heterocycles. The fraction of sp³-hybridized carbons (Fsp3) is 0.930. The Labute approximate surface area is 315 Å². The summed E-state index contributed by atoms with van der Waals surface area (Å²) in [5.41, 5.74) is 0. The van der Waals surface area contributed by atoms with E-state index in [2.05, 4.69) is 13.8 Å². The highest BCUT2D eigenvalue weighted by Crippen LogP contribution is 2.16. The average Bonchev–Trinajstić information content (AvgIpc) is 3.08. The van der Waals surface area contributed by atoms with Crippen molar-refractivity contribution < 1.29 is 38.2 Å². The Balaban J connectivity index is 4.04. The molecule has 0 aromatic rings. The van der Waals surface area contributed by atoms with Crippen molar-refractivity contribution in [2.75, 3.05) is 41.0 Å². The van der Waals surface area contributed by atoms with E-state index in [1.165, 1.54) is 122 Å². The van der Waals surface area contributed by atoms with Crippen molar-refractivity contribution in [3.05, 3.63) is 0 Å². The van der Waals surface area contributed by atoms with Gasteiger partial charge in [-0.1, -0.05) is 174 Å². The molecule has 302 valence electrons. The van der Waals surface area contributed by atoms with E-state index in [-0.39, 0.29) is 42.7 Å². The molecule has 0 aromatic heterocycles. The van der Waals surface area contributed by atoms with Gasteiger partial charge >= 0.3 is 11.9 Å². The standard InChI is InChI=1S/C43H83NO7/c1-6-8-10-12-13-14-15-16-17-18-19-20-21-22-23-24-25-26-27-28-30-32-34-42(46)51-39(38-50-41(45)33-31-29-11-9-7-2)37-49-36-35-40(43(47)48)44(3,4)5/h39-40H,6-38H2,1-5H3. The number of ether oxygens (including phenoxy) is 3. The number of hydrogen-bond acceptors (Lipinski definition) is 7. The maximum Gasteiger partial charge on any atom is 0.306 e. The highest BCUT2D eigenvalue weighted by Gasteiger charge is 2.25. The van der Waals surface area contributed by atoms with Crippen LogP contribution < -0.4 is 5.11 Å². The highest BCUT2D eigenvalue weighted by atomic mass is 16.6. The van der Waals surface area contributed by atoms with E-state index >= 15 is 0 Å². The molecule has 2 atom stereocenters. The van der Waals surface area contributed by atoms with Crippen molar-refractivity contribution in [1.82, 2.24) is 0 Å². The van der Waals surface area contributed by atoms with Gasteiger partial charge in [-0.3, -0.25) is 9.59 Å². The van der Waals surface area contributed by atoms with Crippen molar-refractivity contribution in [1.29, 1.82) is 0 Å². The number of likely N-dealkylation sites (N-methyl/N-ethyl adjacent to an activating group) is 1. The summed E-state index contributed by atoms with van der Waals surface area (Å²) in [7, 11) is 5.40. The number of aliphatic carboxylic acids is 1. The molecule has 0 N–H and O–H groups in total. The lowest BCUT2D eigenvalue weighted by Gasteiger charge is -2.34. The van der Waals surface area contributed by atoms with Crippen LogP contribution in [0.4, 0.5) is 0 Å². The minimum absolute atomic E-state index is 0.0474. The maximum absolute atomic E-state index is 12.6. The molecule has 0 saturated carbocycles. The van der Waals surface area contributed by atoms with E-state index in [9.17, 15) is 19.5 Å². The smallest absolute Gasteiger partial charge is 0.306 e. The quantitative estimate of drug-likeness (QED) is 0.0353. The third-order valence-corrected chi connectivity index (χ3v) is 9.99. The first-order chi connectivity index (χ1) is 24.6. The molecular weight excluding hydrogens is 642 g/mol. The number of carboxylic acids is 1. The van der Waals surface area contributed by atoms with Gasteiger partial charge < -0.3 is 28.6 Å². The monoisotopic (exact) mass is 726 g/mol. The van der Waals surface area contributed by atoms with Crippen LogP contribution >= 0.6 is 0 Å². The molecule has 51 heavy (non-hydrogen) atoms. The van der Waals surface area contributed by atoms with Crippen molar-refractivity contribution in [2.45, 2.75) is 219 Å². The SMILES string of the molecule is CCCCCCCCCCCCCCCCCCCCCCCCC(=O)OC(COCCC(C(=O)[O-])[N+](C)(C)C)COC(=O)CCCCCCC. The molecule has 0 spiro atoms. The summed E-state index contributed by atoms with van der Waals surface area (Å²) in [6.45, 7) is 4.60. The average molecular weight is 726 g/mol. The van der Waals surface area contributed by atoms with Gasteiger partial charge in [0.05, 0.1) is 40.3 Å². The summed E-state index contributed by atoms with van der Waals surface area (Å²) in [5.74, 6) is -1.73. The fourth-order valence-electron chi connectivity index (χ4n) is 6.60. The summed E-state index contributed by atoms with van der Waals surface area (Å²) < 4.78 is 17.0. The summed E-state index contributed by atoms with van der Waals surface area (Å²) in [4.78, 5) is 36.5. The van der Waals surface area contributed by atoms with Gasteiger partial charge in [0.1, 0.15) is 12.6 Å². The molecule has 0 rings (SSSR count). The van der Waals surface area contributed by atoms with Gasteiger partial charge in [-0.05, 0) is 12.8 Å². The van der Waals surface area contributed by atoms with Crippen LogP contribution in [0.2, 0.25) is 0 Å². The first kappa shape index (κ1) is 49.3. The number of carbonyl (C=O) groups is 3. The van der Waals surface area contributed by atoms with Crippen molar-refractivity contribution in [2.24, 2.45) is 0 Å². The van der Waals surface area contributed by atoms with E-state index in [1.807, 2.05) is 0 Å². The Kier molecular flexibility index (Phi) is 34.2. The zero-order valence-corrected chi connectivity index (χ0v) is 34.3. The zero-order chi connectivity index (χ0) is 37.8. The number of esters is 2. The molecule has 0 aliphatic carbocycles. The molecular formula is C43H83NO7. The van der Waals surface area contributed by atoms with Crippen LogP contribution in [0.3, 0.4) is 0 Å². The van der Waals surface area contributed by atoms with Gasteiger partial charge in [0.25, 0.3) is 0 Å². The Morgan fingerprint density at radius 1 is 0.510 bits per heavy atom. The number of nitrogens with zero attached hydrogens (tertiary/aromatic N) is 1. The lowest BCUT2D eigenvalue weighted by atomic mass is 10.0. The van der Waals surface area contributed by atoms with Crippen LogP contribution in [0.5, 0.6) is 0 Å². The van der Waals surface area contributed by atoms with Gasteiger partial charge in [-0.25, -0.2) is 0 Å². The van der Waals surface area contributed by atoms with E-state index in [0.717, 1.165) is 51.4 Å². The van der Waals surface area contributed by atoms with Gasteiger partial charge in [0.2, 0.25) is 0 Å². The molecule has 0 amide bonds. The van der Waals surface area contributed by atoms with Gasteiger partial charge in [0.15, 0.2) is 6.10 Å². The highest BCUT2D eigenvalue weighted by molar-refractivity contribution is 5.70. The van der Waals surface area contributed by atoms with E-state index in [4.69, 9.17) is 14.2 Å². The van der Waals surface area contributed by atoms with Crippen LogP contribution in [-0.2, 0) is 28.6 Å². The third-order valence-electron chi connectivity index (χ3n) is 9.99. The second-order valence-corrected chi connectivity index (χ2v) is 15.9. The lowest BCUT2D eigenvalue weighted by Crippen LogP contribution is -2.55. The first-order valence-electron chi connectivity index (χ1n) is 21.6. The second kappa shape index (κ2) is 35.4. The molecule has 0 aliphatic heterocycles. The zero-order valence-electron chi connectivity index (χ0n) is 34.3. The Hall–Kier alpha value is -1.67. The minimum Gasteiger partial charge on any atom is -0.544 e. The van der Waals surface area contributed by atoms with Crippen molar-refractivity contribution in [3.8, 4) is 0 Å². The van der Waals surface area contributed by atoms with E-state index in [0.29, 0.717) is 12.8 Å². The predicted molar refractivity (Wildman–Crippen MR) is 208 cm³/mol. The second-order valence-electron chi connectivity index (χ2n) is 15.9. The number of carbonyl (C=O) groups excluding carboxylic acids is 3. The van der Waals surface area contributed by atoms with Crippen molar-refractivity contribution in [3.63, 3.8) is 0 Å². The van der Waals surface area contributed by atoms with Crippen LogP contribution in [0, 0.1) is 0 Å². The topological polar surface area (TPSA) is 102 Å². The molecule has 0 aromatic carbocycles. The number of quaternary nitrogens is 1. The largest absolute Gasteiger partial charge is 0.544 e. The lowest BCUT2D eigenvalue weighted by molar-refractivity contribution is -0.889. The van der Waals surface area contributed by atoms with Crippen LogP contribution in [-0.4, -0.2) is 75.5 Å². The summed E-state index contributed by atoms with van der Waals surface area (Å²) in [5, 5.41) is 11.6. The normalized spacial score (nSPS) is 12.9. The molecule has 0 radical (unpaired) electrons. The molecule has 0 bridgehead atoms. The predicted octanol–water partition coefficient (Wildman–Crippen LogP) is 10.0. The summed E-state index contributed by atoms with van der Waals surface area (Å²) >= 11 is 0. The summed E-state index contributed by atoms with van der Waals surface area (Å²) in [6.07, 6.45) is 34.6. The fourth-order valence-corrected chi connectivity index (χ4v) is 6.60. The molecule has 0 fully saturated rings. The Bertz CT molecular complexity index is 813. The molecule has 8 heteroatoms.